The minimum absolute atomic E-state index is 0.822. The largest absolute Gasteiger partial charge is 0.497 e. The average molecular weight is 275 g/mol. The summed E-state index contributed by atoms with van der Waals surface area (Å²) in [6.45, 7) is 6.01. The summed E-state index contributed by atoms with van der Waals surface area (Å²) in [6, 6.07) is 7.81. The number of hydrogen-bond acceptors (Lipinski definition) is 5. The van der Waals surface area contributed by atoms with Crippen molar-refractivity contribution in [2.45, 2.75) is 20.8 Å². The highest BCUT2D eigenvalue weighted by Gasteiger charge is 2.03. The molecular weight excluding hydrogens is 258 g/mol. The number of aromatic nitrogens is 1. The Morgan fingerprint density at radius 1 is 1.26 bits per heavy atom. The fourth-order valence-corrected chi connectivity index (χ4v) is 2.31. The molecule has 2 rings (SSSR count). The first-order valence-corrected chi connectivity index (χ1v) is 6.80. The maximum Gasteiger partial charge on any atom is 0.203 e. The normalized spacial score (nSPS) is 11.5. The Morgan fingerprint density at radius 2 is 1.95 bits per heavy atom. The van der Waals surface area contributed by atoms with E-state index >= 15 is 0 Å². The zero-order valence-electron chi connectivity index (χ0n) is 11.5. The van der Waals surface area contributed by atoms with Crippen LogP contribution in [0, 0.1) is 13.8 Å². The van der Waals surface area contributed by atoms with Crippen molar-refractivity contribution in [1.29, 1.82) is 0 Å². The predicted octanol–water partition coefficient (Wildman–Crippen LogP) is 3.60. The number of benzene rings is 1. The van der Waals surface area contributed by atoms with Gasteiger partial charge in [-0.2, -0.15) is 5.10 Å². The summed E-state index contributed by atoms with van der Waals surface area (Å²) >= 11 is 1.61. The van der Waals surface area contributed by atoms with Crippen molar-refractivity contribution in [3.05, 3.63) is 40.4 Å². The van der Waals surface area contributed by atoms with Crippen molar-refractivity contribution in [3.63, 3.8) is 0 Å². The monoisotopic (exact) mass is 275 g/mol. The summed E-state index contributed by atoms with van der Waals surface area (Å²) in [5.41, 5.74) is 6.01. The van der Waals surface area contributed by atoms with E-state index in [9.17, 15) is 0 Å². The molecule has 0 spiro atoms. The molecule has 0 fully saturated rings. The summed E-state index contributed by atoms with van der Waals surface area (Å²) < 4.78 is 5.13. The van der Waals surface area contributed by atoms with E-state index in [1.165, 1.54) is 4.88 Å². The molecule has 0 saturated carbocycles. The van der Waals surface area contributed by atoms with E-state index in [4.69, 9.17) is 4.74 Å². The highest BCUT2D eigenvalue weighted by Crippen LogP contribution is 2.21. The van der Waals surface area contributed by atoms with E-state index in [1.54, 1.807) is 18.4 Å². The van der Waals surface area contributed by atoms with Crippen molar-refractivity contribution < 1.29 is 4.74 Å². The Bertz CT molecular complexity index is 568. The number of rotatable bonds is 4. The van der Waals surface area contributed by atoms with Gasteiger partial charge < -0.3 is 4.74 Å². The Labute approximate surface area is 117 Å². The van der Waals surface area contributed by atoms with E-state index in [0.29, 0.717) is 0 Å². The van der Waals surface area contributed by atoms with Gasteiger partial charge in [-0.1, -0.05) is 0 Å². The van der Waals surface area contributed by atoms with E-state index in [2.05, 4.69) is 22.4 Å². The number of anilines is 1. The molecule has 0 radical (unpaired) electrons. The van der Waals surface area contributed by atoms with Gasteiger partial charge in [-0.25, -0.2) is 4.98 Å². The van der Waals surface area contributed by atoms with E-state index in [0.717, 1.165) is 27.9 Å². The van der Waals surface area contributed by atoms with Crippen LogP contribution in [0.1, 0.15) is 23.1 Å². The molecule has 100 valence electrons. The Kier molecular flexibility index (Phi) is 4.16. The molecule has 0 aliphatic carbocycles. The van der Waals surface area contributed by atoms with Gasteiger partial charge in [-0.05, 0) is 50.6 Å². The van der Waals surface area contributed by atoms with E-state index < -0.39 is 0 Å². The second-order valence-electron chi connectivity index (χ2n) is 4.20. The molecule has 0 aliphatic rings. The molecule has 1 aromatic carbocycles. The molecule has 0 atom stereocenters. The van der Waals surface area contributed by atoms with Gasteiger partial charge in [0.25, 0.3) is 0 Å². The number of aryl methyl sites for hydroxylation is 2. The predicted molar refractivity (Wildman–Crippen MR) is 80.4 cm³/mol. The topological polar surface area (TPSA) is 46.5 Å². The molecule has 19 heavy (non-hydrogen) atoms. The third kappa shape index (κ3) is 3.32. The summed E-state index contributed by atoms with van der Waals surface area (Å²) in [4.78, 5) is 5.59. The molecule has 0 bridgehead atoms. The van der Waals surface area contributed by atoms with Gasteiger partial charge in [0.2, 0.25) is 5.13 Å². The number of thiazole rings is 1. The fourth-order valence-electron chi connectivity index (χ4n) is 1.55. The number of ether oxygens (including phenoxy) is 1. The highest BCUT2D eigenvalue weighted by molar-refractivity contribution is 7.15. The van der Waals surface area contributed by atoms with Gasteiger partial charge in [0.1, 0.15) is 5.75 Å². The first kappa shape index (κ1) is 13.5. The van der Waals surface area contributed by atoms with Crippen molar-refractivity contribution in [3.8, 4) is 5.75 Å². The number of nitrogens with zero attached hydrogens (tertiary/aromatic N) is 2. The van der Waals surface area contributed by atoms with Crippen LogP contribution in [0.15, 0.2) is 29.4 Å². The molecule has 5 heteroatoms. The van der Waals surface area contributed by atoms with Crippen LogP contribution in [0.5, 0.6) is 5.75 Å². The summed E-state index contributed by atoms with van der Waals surface area (Å²) in [5.74, 6) is 0.843. The van der Waals surface area contributed by atoms with Gasteiger partial charge >= 0.3 is 0 Å². The standard InChI is InChI=1S/C14H17N3OS/c1-9-11(3)19-14(15-9)17-16-10(2)12-5-7-13(18-4)8-6-12/h5-8H,1-4H3,(H,15,17)/b16-10+. The van der Waals surface area contributed by atoms with E-state index in [1.807, 2.05) is 38.1 Å². The molecule has 4 nitrogen and oxygen atoms in total. The minimum atomic E-state index is 0.822. The SMILES string of the molecule is COc1ccc(/C(C)=N/Nc2nc(C)c(C)s2)cc1. The zero-order chi connectivity index (χ0) is 13.8. The van der Waals surface area contributed by atoms with Crippen LogP contribution in [0.4, 0.5) is 5.13 Å². The first-order valence-electron chi connectivity index (χ1n) is 5.99. The van der Waals surface area contributed by atoms with Crippen molar-refractivity contribution in [1.82, 2.24) is 4.98 Å². The lowest BCUT2D eigenvalue weighted by Gasteiger charge is -2.03. The van der Waals surface area contributed by atoms with Crippen molar-refractivity contribution in [2.75, 3.05) is 12.5 Å². The van der Waals surface area contributed by atoms with Crippen LogP contribution in [-0.4, -0.2) is 17.8 Å². The number of hydrogen-bond donors (Lipinski definition) is 1. The second kappa shape index (κ2) is 5.84. The molecule has 0 amide bonds. The fraction of sp³-hybridized carbons (Fsp3) is 0.286. The summed E-state index contributed by atoms with van der Waals surface area (Å²) in [6.07, 6.45) is 0. The lowest BCUT2D eigenvalue weighted by Crippen LogP contribution is -1.99. The van der Waals surface area contributed by atoms with Gasteiger partial charge in [0, 0.05) is 4.88 Å². The smallest absolute Gasteiger partial charge is 0.203 e. The van der Waals surface area contributed by atoms with Crippen molar-refractivity contribution in [2.24, 2.45) is 5.10 Å². The Balaban J connectivity index is 2.09. The lowest BCUT2D eigenvalue weighted by molar-refractivity contribution is 0.415. The summed E-state index contributed by atoms with van der Waals surface area (Å²) in [7, 11) is 1.66. The van der Waals surface area contributed by atoms with Crippen LogP contribution in [-0.2, 0) is 0 Å². The Hall–Kier alpha value is -1.88. The van der Waals surface area contributed by atoms with Crippen LogP contribution < -0.4 is 10.2 Å². The molecule has 0 unspecified atom stereocenters. The molecule has 0 aliphatic heterocycles. The maximum atomic E-state index is 5.13. The molecule has 0 saturated heterocycles. The summed E-state index contributed by atoms with van der Waals surface area (Å²) in [5, 5.41) is 5.17. The maximum absolute atomic E-state index is 5.13. The molecule has 1 N–H and O–H groups in total. The molecule has 1 aromatic heterocycles. The van der Waals surface area contributed by atoms with Crippen LogP contribution >= 0.6 is 11.3 Å². The van der Waals surface area contributed by atoms with Crippen LogP contribution in [0.25, 0.3) is 0 Å². The lowest BCUT2D eigenvalue weighted by atomic mass is 10.1. The first-order chi connectivity index (χ1) is 9.10. The average Bonchev–Trinajstić information content (AvgIpc) is 2.75. The number of nitrogens with one attached hydrogen (secondary N) is 1. The molecular formula is C14H17N3OS. The quantitative estimate of drug-likeness (QED) is 0.685. The Morgan fingerprint density at radius 3 is 2.47 bits per heavy atom. The van der Waals surface area contributed by atoms with Gasteiger partial charge in [0.15, 0.2) is 0 Å². The van der Waals surface area contributed by atoms with Crippen molar-refractivity contribution >= 4 is 22.2 Å². The highest BCUT2D eigenvalue weighted by atomic mass is 32.1. The second-order valence-corrected chi connectivity index (χ2v) is 5.40. The minimum Gasteiger partial charge on any atom is -0.497 e. The third-order valence-electron chi connectivity index (χ3n) is 2.86. The van der Waals surface area contributed by atoms with Crippen LogP contribution in [0.3, 0.4) is 0 Å². The van der Waals surface area contributed by atoms with Gasteiger partial charge in [-0.3, -0.25) is 5.43 Å². The third-order valence-corrected chi connectivity index (χ3v) is 3.83. The molecule has 1 heterocycles. The molecule has 2 aromatic rings. The van der Waals surface area contributed by atoms with Gasteiger partial charge in [-0.15, -0.1) is 11.3 Å². The van der Waals surface area contributed by atoms with E-state index in [-0.39, 0.29) is 0 Å². The zero-order valence-corrected chi connectivity index (χ0v) is 12.3. The van der Waals surface area contributed by atoms with Crippen LogP contribution in [0.2, 0.25) is 0 Å². The number of hydrazone groups is 1. The number of methoxy groups -OCH3 is 1. The van der Waals surface area contributed by atoms with Gasteiger partial charge in [0.05, 0.1) is 18.5 Å².